The second-order valence-corrected chi connectivity index (χ2v) is 5.85. The maximum Gasteiger partial charge on any atom is 0.260 e. The Labute approximate surface area is 147 Å². The molecule has 1 fully saturated rings. The van der Waals surface area contributed by atoms with Crippen molar-refractivity contribution in [3.05, 3.63) is 48.0 Å². The number of carbonyl (C=O) groups excluding carboxylic acids is 1. The Bertz CT molecular complexity index is 724. The molecule has 7 nitrogen and oxygen atoms in total. The lowest BCUT2D eigenvalue weighted by Gasteiger charge is -2.32. The van der Waals surface area contributed by atoms with E-state index >= 15 is 0 Å². The highest BCUT2D eigenvalue weighted by atomic mass is 16.5. The number of carbonyl (C=O) groups is 1. The number of anilines is 1. The van der Waals surface area contributed by atoms with Gasteiger partial charge in [0.25, 0.3) is 5.91 Å². The summed E-state index contributed by atoms with van der Waals surface area (Å²) in [6.07, 6.45) is 3.02. The highest BCUT2D eigenvalue weighted by Crippen LogP contribution is 2.24. The van der Waals surface area contributed by atoms with Crippen molar-refractivity contribution in [3.63, 3.8) is 0 Å². The van der Waals surface area contributed by atoms with Crippen LogP contribution in [0.15, 0.2) is 36.7 Å². The first-order valence-electron chi connectivity index (χ1n) is 8.24. The molecule has 132 valence electrons. The molecule has 1 amide bonds. The van der Waals surface area contributed by atoms with E-state index in [4.69, 9.17) is 9.47 Å². The van der Waals surface area contributed by atoms with Crippen LogP contribution in [0.4, 0.5) is 5.69 Å². The lowest BCUT2D eigenvalue weighted by Crippen LogP contribution is -2.44. The molecule has 2 aromatic heterocycles. The Hall–Kier alpha value is -2.67. The van der Waals surface area contributed by atoms with E-state index < -0.39 is 0 Å². The number of hydrogen-bond acceptors (Lipinski definition) is 6. The zero-order valence-electron chi connectivity index (χ0n) is 14.4. The number of nitrogens with zero attached hydrogens (tertiary/aromatic N) is 3. The fraction of sp³-hybridized carbons (Fsp3) is 0.389. The first kappa shape index (κ1) is 17.2. The number of aromatic nitrogens is 2. The van der Waals surface area contributed by atoms with Gasteiger partial charge in [0.2, 0.25) is 0 Å². The minimum atomic E-state index is -0.233. The van der Waals surface area contributed by atoms with E-state index in [1.165, 1.54) is 0 Å². The summed E-state index contributed by atoms with van der Waals surface area (Å²) in [4.78, 5) is 22.7. The highest BCUT2D eigenvalue weighted by Gasteiger charge is 2.27. The molecule has 1 saturated heterocycles. The van der Waals surface area contributed by atoms with Crippen LogP contribution in [0.25, 0.3) is 0 Å². The van der Waals surface area contributed by atoms with Crippen molar-refractivity contribution in [3.8, 4) is 5.75 Å². The normalized spacial score (nSPS) is 17.2. The summed E-state index contributed by atoms with van der Waals surface area (Å²) in [5.41, 5.74) is 2.72. The molecule has 3 heterocycles. The Balaban J connectivity index is 1.62. The summed E-state index contributed by atoms with van der Waals surface area (Å²) < 4.78 is 11.3. The van der Waals surface area contributed by atoms with Crippen molar-refractivity contribution in [2.24, 2.45) is 0 Å². The van der Waals surface area contributed by atoms with E-state index in [-0.39, 0.29) is 18.6 Å². The van der Waals surface area contributed by atoms with Crippen molar-refractivity contribution in [1.29, 1.82) is 0 Å². The van der Waals surface area contributed by atoms with Gasteiger partial charge in [0, 0.05) is 31.2 Å². The minimum absolute atomic E-state index is 0.0125. The topological polar surface area (TPSA) is 76.6 Å². The number of hydrogen-bond donors (Lipinski definition) is 1. The molecule has 0 aliphatic carbocycles. The molecule has 1 aliphatic heterocycles. The highest BCUT2D eigenvalue weighted by molar-refractivity contribution is 5.78. The zero-order chi connectivity index (χ0) is 17.6. The average molecular weight is 342 g/mol. The third kappa shape index (κ3) is 4.45. The van der Waals surface area contributed by atoms with Crippen molar-refractivity contribution in [2.75, 3.05) is 38.7 Å². The van der Waals surface area contributed by atoms with Gasteiger partial charge in [-0.25, -0.2) is 0 Å². The minimum Gasteiger partial charge on any atom is -0.482 e. The van der Waals surface area contributed by atoms with Crippen LogP contribution < -0.4 is 10.1 Å². The molecule has 1 N–H and O–H groups in total. The maximum atomic E-state index is 12.4. The average Bonchev–Trinajstić information content (AvgIpc) is 2.66. The van der Waals surface area contributed by atoms with Crippen LogP contribution >= 0.6 is 0 Å². The molecule has 1 aliphatic rings. The van der Waals surface area contributed by atoms with Gasteiger partial charge < -0.3 is 19.7 Å². The Morgan fingerprint density at radius 2 is 2.36 bits per heavy atom. The molecular weight excluding hydrogens is 320 g/mol. The molecule has 0 bridgehead atoms. The zero-order valence-corrected chi connectivity index (χ0v) is 14.4. The van der Waals surface area contributed by atoms with Gasteiger partial charge in [-0.1, -0.05) is 0 Å². The van der Waals surface area contributed by atoms with Crippen LogP contribution in [0.2, 0.25) is 0 Å². The van der Waals surface area contributed by atoms with Crippen LogP contribution in [0.5, 0.6) is 5.75 Å². The Morgan fingerprint density at radius 3 is 3.12 bits per heavy atom. The Kier molecular flexibility index (Phi) is 5.45. The first-order valence-corrected chi connectivity index (χ1v) is 8.24. The van der Waals surface area contributed by atoms with Gasteiger partial charge in [0.05, 0.1) is 25.0 Å². The van der Waals surface area contributed by atoms with Crippen LogP contribution in [-0.2, 0) is 9.53 Å². The van der Waals surface area contributed by atoms with Crippen LogP contribution in [0, 0.1) is 6.92 Å². The van der Waals surface area contributed by atoms with Gasteiger partial charge in [0.1, 0.15) is 11.9 Å². The molecule has 1 atom stereocenters. The number of nitrogens with one attached hydrogen (secondary N) is 1. The van der Waals surface area contributed by atoms with Crippen LogP contribution in [0.1, 0.15) is 17.5 Å². The molecule has 7 heteroatoms. The monoisotopic (exact) mass is 342 g/mol. The van der Waals surface area contributed by atoms with Crippen molar-refractivity contribution in [2.45, 2.75) is 13.0 Å². The molecule has 0 spiro atoms. The summed E-state index contributed by atoms with van der Waals surface area (Å²) in [7, 11) is 1.87. The van der Waals surface area contributed by atoms with Crippen molar-refractivity contribution in [1.82, 2.24) is 14.9 Å². The largest absolute Gasteiger partial charge is 0.482 e. The summed E-state index contributed by atoms with van der Waals surface area (Å²) >= 11 is 0. The van der Waals surface area contributed by atoms with Gasteiger partial charge in [-0.3, -0.25) is 14.8 Å². The lowest BCUT2D eigenvalue weighted by molar-refractivity contribution is -0.141. The molecule has 0 aromatic carbocycles. The van der Waals surface area contributed by atoms with E-state index in [1.54, 1.807) is 29.4 Å². The van der Waals surface area contributed by atoms with Gasteiger partial charge >= 0.3 is 0 Å². The van der Waals surface area contributed by atoms with Gasteiger partial charge in [-0.15, -0.1) is 0 Å². The number of morpholine rings is 1. The van der Waals surface area contributed by atoms with Gasteiger partial charge in [-0.05, 0) is 31.2 Å². The summed E-state index contributed by atoms with van der Waals surface area (Å²) in [6.45, 7) is 3.43. The number of pyridine rings is 2. The standard InChI is InChI=1S/C18H22N4O3/c1-13-8-14(19-2)9-16(21-13)17-11-22(6-7-24-17)18(23)12-25-15-4-3-5-20-10-15/h3-5,8-10,17H,6-7,11-12H2,1-2H3,(H,19,21)/t17-/m0/s1. The molecule has 0 unspecified atom stereocenters. The smallest absolute Gasteiger partial charge is 0.260 e. The molecule has 0 radical (unpaired) electrons. The molecule has 25 heavy (non-hydrogen) atoms. The third-order valence-electron chi connectivity index (χ3n) is 4.01. The predicted molar refractivity (Wildman–Crippen MR) is 93.5 cm³/mol. The van der Waals surface area contributed by atoms with E-state index in [0.717, 1.165) is 17.1 Å². The first-order chi connectivity index (χ1) is 12.2. The molecule has 3 rings (SSSR count). The summed E-state index contributed by atoms with van der Waals surface area (Å²) in [5, 5.41) is 3.12. The molecular formula is C18H22N4O3. The second kappa shape index (κ2) is 7.94. The fourth-order valence-corrected chi connectivity index (χ4v) is 2.73. The molecule has 0 saturated carbocycles. The van der Waals surface area contributed by atoms with E-state index in [1.807, 2.05) is 26.1 Å². The van der Waals surface area contributed by atoms with E-state index in [2.05, 4.69) is 15.3 Å². The fourth-order valence-electron chi connectivity index (χ4n) is 2.73. The van der Waals surface area contributed by atoms with Crippen molar-refractivity contribution >= 4 is 11.6 Å². The Morgan fingerprint density at radius 1 is 1.48 bits per heavy atom. The third-order valence-corrected chi connectivity index (χ3v) is 4.01. The summed E-state index contributed by atoms with van der Waals surface area (Å²) in [5.74, 6) is 0.512. The SMILES string of the molecule is CNc1cc(C)nc([C@@H]2CN(C(=O)COc3cccnc3)CCO2)c1. The number of aryl methyl sites for hydroxylation is 1. The lowest BCUT2D eigenvalue weighted by atomic mass is 10.1. The number of ether oxygens (including phenoxy) is 2. The number of amides is 1. The molecule has 2 aromatic rings. The van der Waals surface area contributed by atoms with Gasteiger partial charge in [0.15, 0.2) is 6.61 Å². The quantitative estimate of drug-likeness (QED) is 0.893. The predicted octanol–water partition coefficient (Wildman–Crippen LogP) is 1.81. The van der Waals surface area contributed by atoms with Crippen LogP contribution in [-0.4, -0.2) is 54.1 Å². The van der Waals surface area contributed by atoms with Crippen molar-refractivity contribution < 1.29 is 14.3 Å². The van der Waals surface area contributed by atoms with Gasteiger partial charge in [-0.2, -0.15) is 0 Å². The summed E-state index contributed by atoms with van der Waals surface area (Å²) in [6, 6.07) is 7.47. The maximum absolute atomic E-state index is 12.4. The van der Waals surface area contributed by atoms with Crippen LogP contribution in [0.3, 0.4) is 0 Å². The second-order valence-electron chi connectivity index (χ2n) is 5.85. The number of rotatable bonds is 5. The van der Waals surface area contributed by atoms with E-state index in [0.29, 0.717) is 25.4 Å². The van der Waals surface area contributed by atoms with E-state index in [9.17, 15) is 4.79 Å².